The first-order valence-corrected chi connectivity index (χ1v) is 9.07. The maximum absolute atomic E-state index is 9.48. The van der Waals surface area contributed by atoms with E-state index in [0.717, 1.165) is 32.4 Å². The SMILES string of the molecule is OCCN(Cc1nc2c(s1)CCC2)C1CCc2ccccc21. The molecule has 2 aliphatic rings. The van der Waals surface area contributed by atoms with E-state index in [-0.39, 0.29) is 6.61 Å². The van der Waals surface area contributed by atoms with E-state index in [0.29, 0.717) is 6.04 Å². The highest BCUT2D eigenvalue weighted by Crippen LogP contribution is 2.37. The molecule has 0 saturated carbocycles. The van der Waals surface area contributed by atoms with Crippen LogP contribution in [0.2, 0.25) is 0 Å². The van der Waals surface area contributed by atoms with E-state index < -0.39 is 0 Å². The van der Waals surface area contributed by atoms with Crippen LogP contribution in [-0.2, 0) is 25.8 Å². The van der Waals surface area contributed by atoms with Crippen molar-refractivity contribution >= 4 is 11.3 Å². The van der Waals surface area contributed by atoms with Gasteiger partial charge in [0.05, 0.1) is 18.8 Å². The van der Waals surface area contributed by atoms with Crippen molar-refractivity contribution in [3.63, 3.8) is 0 Å². The second kappa shape index (κ2) is 6.11. The number of aromatic nitrogens is 1. The summed E-state index contributed by atoms with van der Waals surface area (Å²) in [6.45, 7) is 1.81. The maximum Gasteiger partial charge on any atom is 0.107 e. The van der Waals surface area contributed by atoms with Gasteiger partial charge in [-0.3, -0.25) is 4.90 Å². The Morgan fingerprint density at radius 3 is 3.00 bits per heavy atom. The zero-order valence-corrected chi connectivity index (χ0v) is 13.6. The molecule has 4 rings (SSSR count). The second-order valence-corrected chi connectivity index (χ2v) is 7.45. The molecule has 1 heterocycles. The molecule has 1 aromatic carbocycles. The van der Waals surface area contributed by atoms with Crippen LogP contribution in [0.25, 0.3) is 0 Å². The highest BCUT2D eigenvalue weighted by Gasteiger charge is 2.28. The molecule has 3 nitrogen and oxygen atoms in total. The molecule has 0 fully saturated rings. The van der Waals surface area contributed by atoms with Crippen molar-refractivity contribution in [2.45, 2.75) is 44.7 Å². The van der Waals surface area contributed by atoms with E-state index in [1.807, 2.05) is 11.3 Å². The van der Waals surface area contributed by atoms with Gasteiger partial charge >= 0.3 is 0 Å². The molecule has 2 aromatic rings. The van der Waals surface area contributed by atoms with E-state index in [2.05, 4.69) is 29.2 Å². The van der Waals surface area contributed by atoms with Gasteiger partial charge in [-0.05, 0) is 43.2 Å². The zero-order valence-electron chi connectivity index (χ0n) is 12.8. The summed E-state index contributed by atoms with van der Waals surface area (Å²) < 4.78 is 0. The summed E-state index contributed by atoms with van der Waals surface area (Å²) in [7, 11) is 0. The Morgan fingerprint density at radius 1 is 1.23 bits per heavy atom. The van der Waals surface area contributed by atoms with Crippen molar-refractivity contribution in [1.82, 2.24) is 9.88 Å². The maximum atomic E-state index is 9.48. The Hall–Kier alpha value is -1.23. The molecule has 4 heteroatoms. The number of hydrogen-bond acceptors (Lipinski definition) is 4. The summed E-state index contributed by atoms with van der Waals surface area (Å²) in [6, 6.07) is 9.18. The number of rotatable bonds is 5. The largest absolute Gasteiger partial charge is 0.395 e. The lowest BCUT2D eigenvalue weighted by Crippen LogP contribution is -2.30. The topological polar surface area (TPSA) is 36.4 Å². The van der Waals surface area contributed by atoms with Gasteiger partial charge in [0.2, 0.25) is 0 Å². The Bertz CT molecular complexity index is 645. The fraction of sp³-hybridized carbons (Fsp3) is 0.500. The highest BCUT2D eigenvalue weighted by atomic mass is 32.1. The van der Waals surface area contributed by atoms with Crippen LogP contribution in [0.4, 0.5) is 0 Å². The first-order chi connectivity index (χ1) is 10.8. The van der Waals surface area contributed by atoms with Gasteiger partial charge in [0.15, 0.2) is 0 Å². The molecule has 0 saturated heterocycles. The molecule has 1 aromatic heterocycles. The Balaban J connectivity index is 1.56. The van der Waals surface area contributed by atoms with E-state index in [9.17, 15) is 5.11 Å². The van der Waals surface area contributed by atoms with E-state index in [4.69, 9.17) is 4.98 Å². The van der Waals surface area contributed by atoms with Crippen LogP contribution >= 0.6 is 11.3 Å². The van der Waals surface area contributed by atoms with Crippen LogP contribution in [0, 0.1) is 0 Å². The van der Waals surface area contributed by atoms with Gasteiger partial charge in [0.1, 0.15) is 5.01 Å². The molecular formula is C18H22N2OS. The normalized spacial score (nSPS) is 19.6. The molecular weight excluding hydrogens is 292 g/mol. The molecule has 0 bridgehead atoms. The number of fused-ring (bicyclic) bond motifs is 2. The van der Waals surface area contributed by atoms with Crippen molar-refractivity contribution in [3.8, 4) is 0 Å². The fourth-order valence-corrected chi connectivity index (χ4v) is 5.06. The molecule has 0 spiro atoms. The predicted octanol–water partition coefficient (Wildman–Crippen LogP) is 3.11. The summed E-state index contributed by atoms with van der Waals surface area (Å²) in [5.41, 5.74) is 4.24. The first kappa shape index (κ1) is 14.4. The molecule has 1 unspecified atom stereocenters. The minimum absolute atomic E-state index is 0.212. The fourth-order valence-electron chi connectivity index (χ4n) is 3.87. The lowest BCUT2D eigenvalue weighted by atomic mass is 10.1. The number of nitrogens with zero attached hydrogens (tertiary/aromatic N) is 2. The molecule has 22 heavy (non-hydrogen) atoms. The first-order valence-electron chi connectivity index (χ1n) is 8.25. The van der Waals surface area contributed by atoms with E-state index >= 15 is 0 Å². The van der Waals surface area contributed by atoms with Crippen molar-refractivity contribution in [2.24, 2.45) is 0 Å². The summed E-state index contributed by atoms with van der Waals surface area (Å²) >= 11 is 1.88. The van der Waals surface area contributed by atoms with E-state index in [1.54, 1.807) is 0 Å². The van der Waals surface area contributed by atoms with Gasteiger partial charge in [-0.15, -0.1) is 11.3 Å². The number of aliphatic hydroxyl groups is 1. The van der Waals surface area contributed by atoms with Gasteiger partial charge < -0.3 is 5.11 Å². The lowest BCUT2D eigenvalue weighted by molar-refractivity contribution is 0.142. The molecule has 0 aliphatic heterocycles. The van der Waals surface area contributed by atoms with Crippen LogP contribution in [-0.4, -0.2) is 28.1 Å². The third-order valence-corrected chi connectivity index (χ3v) is 6.05. The molecule has 0 radical (unpaired) electrons. The molecule has 0 amide bonds. The van der Waals surface area contributed by atoms with Crippen LogP contribution in [0.15, 0.2) is 24.3 Å². The quantitative estimate of drug-likeness (QED) is 0.921. The predicted molar refractivity (Wildman–Crippen MR) is 89.1 cm³/mol. The Morgan fingerprint density at radius 2 is 2.14 bits per heavy atom. The van der Waals surface area contributed by atoms with Crippen molar-refractivity contribution in [1.29, 1.82) is 0 Å². The lowest BCUT2D eigenvalue weighted by Gasteiger charge is -2.28. The average Bonchev–Trinajstić information content (AvgIpc) is 3.20. The minimum Gasteiger partial charge on any atom is -0.395 e. The third kappa shape index (κ3) is 2.60. The Labute approximate surface area is 135 Å². The van der Waals surface area contributed by atoms with Crippen molar-refractivity contribution in [3.05, 3.63) is 51.0 Å². The van der Waals surface area contributed by atoms with Crippen LogP contribution in [0.3, 0.4) is 0 Å². The zero-order chi connectivity index (χ0) is 14.9. The van der Waals surface area contributed by atoms with E-state index in [1.165, 1.54) is 39.5 Å². The number of benzene rings is 1. The number of aliphatic hydroxyl groups excluding tert-OH is 1. The Kier molecular flexibility index (Phi) is 3.99. The third-order valence-electron chi connectivity index (χ3n) is 4.91. The summed E-state index contributed by atoms with van der Waals surface area (Å²) in [6.07, 6.45) is 5.93. The van der Waals surface area contributed by atoms with Gasteiger partial charge in [-0.2, -0.15) is 0 Å². The van der Waals surface area contributed by atoms with Crippen molar-refractivity contribution < 1.29 is 5.11 Å². The summed E-state index contributed by atoms with van der Waals surface area (Å²) in [5, 5.41) is 10.7. The highest BCUT2D eigenvalue weighted by molar-refractivity contribution is 7.11. The molecule has 1 atom stereocenters. The van der Waals surface area contributed by atoms with Gasteiger partial charge in [0, 0.05) is 17.5 Å². The number of thiazole rings is 1. The van der Waals surface area contributed by atoms with Crippen LogP contribution in [0.1, 0.15) is 45.6 Å². The monoisotopic (exact) mass is 314 g/mol. The van der Waals surface area contributed by atoms with Crippen LogP contribution in [0.5, 0.6) is 0 Å². The van der Waals surface area contributed by atoms with Gasteiger partial charge in [-0.25, -0.2) is 4.98 Å². The number of aryl methyl sites for hydroxylation is 3. The van der Waals surface area contributed by atoms with Crippen LogP contribution < -0.4 is 0 Å². The van der Waals surface area contributed by atoms with Gasteiger partial charge in [0.25, 0.3) is 0 Å². The number of hydrogen-bond donors (Lipinski definition) is 1. The average molecular weight is 314 g/mol. The molecule has 116 valence electrons. The summed E-state index contributed by atoms with van der Waals surface area (Å²) in [5.74, 6) is 0. The summed E-state index contributed by atoms with van der Waals surface area (Å²) in [4.78, 5) is 8.74. The molecule has 2 aliphatic carbocycles. The smallest absolute Gasteiger partial charge is 0.107 e. The minimum atomic E-state index is 0.212. The van der Waals surface area contributed by atoms with Gasteiger partial charge in [-0.1, -0.05) is 24.3 Å². The molecule has 1 N–H and O–H groups in total. The second-order valence-electron chi connectivity index (χ2n) is 6.28. The standard InChI is InChI=1S/C18H22N2OS/c21-11-10-20(12-18-19-15-6-3-7-17(15)22-18)16-9-8-13-4-1-2-5-14(13)16/h1-2,4-5,16,21H,3,6-12H2. The van der Waals surface area contributed by atoms with Crippen molar-refractivity contribution in [2.75, 3.05) is 13.2 Å².